The predicted molar refractivity (Wildman–Crippen MR) is 66.7 cm³/mol. The van der Waals surface area contributed by atoms with Crippen molar-refractivity contribution in [2.24, 2.45) is 11.8 Å². The molecule has 1 amide bonds. The SMILES string of the molecule is C[C@@H]1C[C@H]1C(=O)NC[C@H](O)c1ccccc1C(F)(F)F. The van der Waals surface area contributed by atoms with Crippen molar-refractivity contribution in [1.29, 1.82) is 0 Å². The summed E-state index contributed by atoms with van der Waals surface area (Å²) in [7, 11) is 0. The van der Waals surface area contributed by atoms with E-state index in [1.165, 1.54) is 18.2 Å². The normalized spacial score (nSPS) is 23.2. The van der Waals surface area contributed by atoms with Gasteiger partial charge in [-0.05, 0) is 24.0 Å². The molecule has 0 aliphatic heterocycles. The lowest BCUT2D eigenvalue weighted by atomic mass is 10.0. The molecule has 0 radical (unpaired) electrons. The molecule has 1 saturated carbocycles. The highest BCUT2D eigenvalue weighted by Crippen LogP contribution is 2.38. The number of carbonyl (C=O) groups is 1. The van der Waals surface area contributed by atoms with E-state index in [1.54, 1.807) is 0 Å². The van der Waals surface area contributed by atoms with Crippen LogP contribution in [0.5, 0.6) is 0 Å². The molecule has 0 unspecified atom stereocenters. The van der Waals surface area contributed by atoms with E-state index >= 15 is 0 Å². The lowest BCUT2D eigenvalue weighted by Crippen LogP contribution is -2.30. The van der Waals surface area contributed by atoms with Gasteiger partial charge in [-0.25, -0.2) is 0 Å². The number of aliphatic hydroxyl groups excluding tert-OH is 1. The molecule has 1 aliphatic rings. The second-order valence-electron chi connectivity index (χ2n) is 5.17. The molecule has 110 valence electrons. The molecule has 0 heterocycles. The van der Waals surface area contributed by atoms with Gasteiger partial charge in [0.2, 0.25) is 5.91 Å². The quantitative estimate of drug-likeness (QED) is 0.894. The number of nitrogens with one attached hydrogen (secondary N) is 1. The Morgan fingerprint density at radius 1 is 1.45 bits per heavy atom. The zero-order chi connectivity index (χ0) is 14.9. The Morgan fingerprint density at radius 2 is 2.05 bits per heavy atom. The van der Waals surface area contributed by atoms with Gasteiger partial charge in [0.15, 0.2) is 0 Å². The molecular formula is C14H16F3NO2. The maximum Gasteiger partial charge on any atom is 0.416 e. The lowest BCUT2D eigenvalue weighted by Gasteiger charge is -2.17. The molecule has 0 saturated heterocycles. The zero-order valence-corrected chi connectivity index (χ0v) is 10.9. The van der Waals surface area contributed by atoms with Crippen LogP contribution >= 0.6 is 0 Å². The van der Waals surface area contributed by atoms with E-state index in [-0.39, 0.29) is 23.9 Å². The van der Waals surface area contributed by atoms with E-state index < -0.39 is 17.8 Å². The van der Waals surface area contributed by atoms with Crippen molar-refractivity contribution < 1.29 is 23.1 Å². The van der Waals surface area contributed by atoms with Crippen LogP contribution < -0.4 is 5.32 Å². The molecule has 0 spiro atoms. The van der Waals surface area contributed by atoms with Gasteiger partial charge in [-0.1, -0.05) is 25.1 Å². The minimum Gasteiger partial charge on any atom is -0.387 e. The van der Waals surface area contributed by atoms with Gasteiger partial charge in [0, 0.05) is 12.5 Å². The van der Waals surface area contributed by atoms with Crippen LogP contribution in [0.15, 0.2) is 24.3 Å². The van der Waals surface area contributed by atoms with Gasteiger partial charge >= 0.3 is 6.18 Å². The molecule has 0 aromatic heterocycles. The number of hydrogen-bond acceptors (Lipinski definition) is 2. The highest BCUT2D eigenvalue weighted by molar-refractivity contribution is 5.81. The van der Waals surface area contributed by atoms with Crippen LogP contribution in [0, 0.1) is 11.8 Å². The van der Waals surface area contributed by atoms with E-state index in [9.17, 15) is 23.1 Å². The van der Waals surface area contributed by atoms with E-state index in [1.807, 2.05) is 6.92 Å². The first-order valence-corrected chi connectivity index (χ1v) is 6.42. The Labute approximate surface area is 114 Å². The van der Waals surface area contributed by atoms with Gasteiger partial charge in [-0.15, -0.1) is 0 Å². The summed E-state index contributed by atoms with van der Waals surface area (Å²) in [6.07, 6.45) is -5.10. The van der Waals surface area contributed by atoms with Gasteiger partial charge in [-0.2, -0.15) is 13.2 Å². The summed E-state index contributed by atoms with van der Waals surface area (Å²) in [5, 5.41) is 12.4. The number of aliphatic hydroxyl groups is 1. The molecule has 2 N–H and O–H groups in total. The van der Waals surface area contributed by atoms with E-state index in [0.29, 0.717) is 5.92 Å². The molecule has 1 aromatic carbocycles. The Bertz CT molecular complexity index is 501. The van der Waals surface area contributed by atoms with Crippen LogP contribution in [-0.2, 0) is 11.0 Å². The summed E-state index contributed by atoms with van der Waals surface area (Å²) in [5.41, 5.74) is -1.09. The highest BCUT2D eigenvalue weighted by atomic mass is 19.4. The molecule has 3 atom stereocenters. The molecule has 20 heavy (non-hydrogen) atoms. The van der Waals surface area contributed by atoms with Crippen molar-refractivity contribution in [2.75, 3.05) is 6.54 Å². The second-order valence-corrected chi connectivity index (χ2v) is 5.17. The van der Waals surface area contributed by atoms with Crippen molar-refractivity contribution in [1.82, 2.24) is 5.32 Å². The molecule has 1 fully saturated rings. The Balaban J connectivity index is 2.02. The highest BCUT2D eigenvalue weighted by Gasteiger charge is 2.39. The van der Waals surface area contributed by atoms with Gasteiger partial charge in [0.1, 0.15) is 0 Å². The first-order chi connectivity index (χ1) is 9.30. The Hall–Kier alpha value is -1.56. The topological polar surface area (TPSA) is 49.3 Å². The summed E-state index contributed by atoms with van der Waals surface area (Å²) < 4.78 is 38.4. The maximum absolute atomic E-state index is 12.8. The standard InChI is InChI=1S/C14H16F3NO2/c1-8-6-10(8)13(20)18-7-12(19)9-4-2-3-5-11(9)14(15,16)17/h2-5,8,10,12,19H,6-7H2,1H3,(H,18,20)/t8-,10-,12+/m1/s1. The molecule has 2 rings (SSSR count). The summed E-state index contributed by atoms with van der Waals surface area (Å²) in [4.78, 5) is 11.6. The summed E-state index contributed by atoms with van der Waals surface area (Å²) in [6.45, 7) is 1.72. The molecule has 6 heteroatoms. The molecule has 1 aliphatic carbocycles. The summed E-state index contributed by atoms with van der Waals surface area (Å²) in [5.74, 6) is 0.0377. The summed E-state index contributed by atoms with van der Waals surface area (Å²) in [6, 6.07) is 4.84. The van der Waals surface area contributed by atoms with Gasteiger partial charge in [-0.3, -0.25) is 4.79 Å². The van der Waals surface area contributed by atoms with Crippen LogP contribution in [0.3, 0.4) is 0 Å². The van der Waals surface area contributed by atoms with E-state index in [4.69, 9.17) is 0 Å². The third-order valence-electron chi connectivity index (χ3n) is 3.54. The van der Waals surface area contributed by atoms with Gasteiger partial charge < -0.3 is 10.4 Å². The van der Waals surface area contributed by atoms with Crippen LogP contribution in [0.2, 0.25) is 0 Å². The lowest BCUT2D eigenvalue weighted by molar-refractivity contribution is -0.139. The van der Waals surface area contributed by atoms with Crippen molar-refractivity contribution >= 4 is 5.91 Å². The minimum atomic E-state index is -4.52. The van der Waals surface area contributed by atoms with Gasteiger partial charge in [0.25, 0.3) is 0 Å². The first-order valence-electron chi connectivity index (χ1n) is 6.42. The Kier molecular flexibility index (Phi) is 4.04. The number of rotatable bonds is 4. The van der Waals surface area contributed by atoms with Crippen LogP contribution in [0.4, 0.5) is 13.2 Å². The average molecular weight is 287 g/mol. The number of hydrogen-bond donors (Lipinski definition) is 2. The molecule has 1 aromatic rings. The minimum absolute atomic E-state index is 0.0694. The number of amides is 1. The smallest absolute Gasteiger partial charge is 0.387 e. The monoisotopic (exact) mass is 287 g/mol. The molecular weight excluding hydrogens is 271 g/mol. The maximum atomic E-state index is 12.8. The third-order valence-corrected chi connectivity index (χ3v) is 3.54. The number of halogens is 3. The van der Waals surface area contributed by atoms with Crippen molar-refractivity contribution in [3.63, 3.8) is 0 Å². The van der Waals surface area contributed by atoms with Crippen LogP contribution in [-0.4, -0.2) is 17.6 Å². The van der Waals surface area contributed by atoms with Crippen LogP contribution in [0.25, 0.3) is 0 Å². The van der Waals surface area contributed by atoms with Crippen molar-refractivity contribution in [3.05, 3.63) is 35.4 Å². The van der Waals surface area contributed by atoms with E-state index in [2.05, 4.69) is 5.32 Å². The fourth-order valence-corrected chi connectivity index (χ4v) is 2.17. The number of carbonyl (C=O) groups excluding carboxylic acids is 1. The predicted octanol–water partition coefficient (Wildman–Crippen LogP) is 2.51. The number of benzene rings is 1. The summed E-state index contributed by atoms with van der Waals surface area (Å²) >= 11 is 0. The third kappa shape index (κ3) is 3.30. The molecule has 3 nitrogen and oxygen atoms in total. The first kappa shape index (κ1) is 14.8. The largest absolute Gasteiger partial charge is 0.416 e. The fraction of sp³-hybridized carbons (Fsp3) is 0.500. The Morgan fingerprint density at radius 3 is 2.60 bits per heavy atom. The zero-order valence-electron chi connectivity index (χ0n) is 10.9. The van der Waals surface area contributed by atoms with Crippen LogP contribution in [0.1, 0.15) is 30.6 Å². The fourth-order valence-electron chi connectivity index (χ4n) is 2.17. The second kappa shape index (κ2) is 5.44. The molecule has 0 bridgehead atoms. The van der Waals surface area contributed by atoms with Crippen molar-refractivity contribution in [2.45, 2.75) is 25.6 Å². The van der Waals surface area contributed by atoms with E-state index in [0.717, 1.165) is 12.5 Å². The number of alkyl halides is 3. The van der Waals surface area contributed by atoms with Crippen molar-refractivity contribution in [3.8, 4) is 0 Å². The van der Waals surface area contributed by atoms with Gasteiger partial charge in [0.05, 0.1) is 11.7 Å². The average Bonchev–Trinajstić information content (AvgIpc) is 3.12.